The number of hydrogen-bond acceptors (Lipinski definition) is 2. The van der Waals surface area contributed by atoms with E-state index in [0.717, 1.165) is 16.0 Å². The Morgan fingerprint density at radius 1 is 1.50 bits per heavy atom. The summed E-state index contributed by atoms with van der Waals surface area (Å²) in [6.07, 6.45) is 0. The maximum Gasteiger partial charge on any atom is 0.0410 e. The van der Waals surface area contributed by atoms with E-state index in [1.807, 2.05) is 18.2 Å². The Morgan fingerprint density at radius 2 is 2.12 bits per heavy atom. The van der Waals surface area contributed by atoms with E-state index in [4.69, 9.17) is 17.3 Å². The van der Waals surface area contributed by atoms with Crippen LogP contribution in [0.1, 0.15) is 12.5 Å². The van der Waals surface area contributed by atoms with Gasteiger partial charge in [0.1, 0.15) is 0 Å². The monoisotopic (exact) mass is 326 g/mol. The van der Waals surface area contributed by atoms with Crippen LogP contribution in [0.15, 0.2) is 22.7 Å². The summed E-state index contributed by atoms with van der Waals surface area (Å²) >= 11 is 9.46. The molecule has 0 amide bonds. The molecular formula is C11H17BrCl2N2. The number of halogens is 3. The molecule has 0 saturated heterocycles. The van der Waals surface area contributed by atoms with Gasteiger partial charge < -0.3 is 5.73 Å². The minimum atomic E-state index is 0. The molecule has 0 fully saturated rings. The van der Waals surface area contributed by atoms with Crippen molar-refractivity contribution in [2.75, 3.05) is 13.6 Å². The van der Waals surface area contributed by atoms with Crippen LogP contribution in [0.4, 0.5) is 0 Å². The Morgan fingerprint density at radius 3 is 2.69 bits per heavy atom. The van der Waals surface area contributed by atoms with Gasteiger partial charge in [0.05, 0.1) is 0 Å². The van der Waals surface area contributed by atoms with Crippen LogP contribution in [0.25, 0.3) is 0 Å². The van der Waals surface area contributed by atoms with Crippen molar-refractivity contribution in [1.29, 1.82) is 0 Å². The third-order valence-electron chi connectivity index (χ3n) is 2.52. The fraction of sp³-hybridized carbons (Fsp3) is 0.455. The molecule has 92 valence electrons. The lowest BCUT2D eigenvalue weighted by atomic mass is 10.2. The number of nitrogens with two attached hydrogens (primary N) is 1. The molecule has 2 nitrogen and oxygen atoms in total. The summed E-state index contributed by atoms with van der Waals surface area (Å²) in [7, 11) is 2.06. The van der Waals surface area contributed by atoms with E-state index in [0.29, 0.717) is 12.6 Å². The fourth-order valence-corrected chi connectivity index (χ4v) is 1.84. The Balaban J connectivity index is 0.00000225. The zero-order valence-electron chi connectivity index (χ0n) is 9.41. The fourth-order valence-electron chi connectivity index (χ4n) is 1.27. The van der Waals surface area contributed by atoms with Gasteiger partial charge in [-0.05, 0) is 37.7 Å². The number of benzene rings is 1. The summed E-state index contributed by atoms with van der Waals surface area (Å²) in [6, 6.07) is 6.20. The van der Waals surface area contributed by atoms with Gasteiger partial charge in [-0.2, -0.15) is 0 Å². The van der Waals surface area contributed by atoms with Gasteiger partial charge in [-0.1, -0.05) is 27.5 Å². The van der Waals surface area contributed by atoms with Crippen LogP contribution in [0.5, 0.6) is 0 Å². The van der Waals surface area contributed by atoms with Gasteiger partial charge in [-0.25, -0.2) is 0 Å². The summed E-state index contributed by atoms with van der Waals surface area (Å²) < 4.78 is 1.09. The molecule has 1 rings (SSSR count). The first-order valence-electron chi connectivity index (χ1n) is 4.89. The SMILES string of the molecule is CC(CN)N(C)Cc1cc(Cl)ccc1Br.Cl. The van der Waals surface area contributed by atoms with Crippen molar-refractivity contribution in [2.45, 2.75) is 19.5 Å². The van der Waals surface area contributed by atoms with Crippen LogP contribution >= 0.6 is 39.9 Å². The molecular weight excluding hydrogens is 311 g/mol. The summed E-state index contributed by atoms with van der Waals surface area (Å²) in [5.74, 6) is 0. The van der Waals surface area contributed by atoms with E-state index in [9.17, 15) is 0 Å². The lowest BCUT2D eigenvalue weighted by Crippen LogP contribution is -2.34. The van der Waals surface area contributed by atoms with Gasteiger partial charge in [-0.3, -0.25) is 4.90 Å². The highest BCUT2D eigenvalue weighted by Crippen LogP contribution is 2.22. The molecule has 0 bridgehead atoms. The topological polar surface area (TPSA) is 29.3 Å². The third kappa shape index (κ3) is 4.60. The van der Waals surface area contributed by atoms with Crippen molar-refractivity contribution in [1.82, 2.24) is 4.90 Å². The zero-order valence-corrected chi connectivity index (χ0v) is 12.6. The first-order chi connectivity index (χ1) is 7.04. The highest BCUT2D eigenvalue weighted by Gasteiger charge is 2.09. The molecule has 0 aliphatic rings. The van der Waals surface area contributed by atoms with E-state index >= 15 is 0 Å². The van der Waals surface area contributed by atoms with E-state index in [2.05, 4.69) is 34.8 Å². The Bertz CT molecular complexity index is 334. The molecule has 0 aliphatic carbocycles. The molecule has 0 saturated carbocycles. The molecule has 1 aromatic rings. The second-order valence-electron chi connectivity index (χ2n) is 3.74. The molecule has 2 N–H and O–H groups in total. The zero-order chi connectivity index (χ0) is 11.4. The summed E-state index contributed by atoms with van der Waals surface area (Å²) in [4.78, 5) is 2.20. The van der Waals surface area contributed by atoms with Crippen molar-refractivity contribution >= 4 is 39.9 Å². The number of nitrogens with zero attached hydrogens (tertiary/aromatic N) is 1. The van der Waals surface area contributed by atoms with Gasteiger partial charge in [0.2, 0.25) is 0 Å². The van der Waals surface area contributed by atoms with Crippen LogP contribution < -0.4 is 5.73 Å². The quantitative estimate of drug-likeness (QED) is 0.919. The predicted molar refractivity (Wildman–Crippen MR) is 76.4 cm³/mol. The van der Waals surface area contributed by atoms with Gasteiger partial charge in [-0.15, -0.1) is 12.4 Å². The van der Waals surface area contributed by atoms with Crippen molar-refractivity contribution in [3.8, 4) is 0 Å². The number of hydrogen-bond donors (Lipinski definition) is 1. The molecule has 0 radical (unpaired) electrons. The van der Waals surface area contributed by atoms with Gasteiger partial charge in [0.25, 0.3) is 0 Å². The molecule has 16 heavy (non-hydrogen) atoms. The molecule has 0 spiro atoms. The highest BCUT2D eigenvalue weighted by atomic mass is 79.9. The maximum atomic E-state index is 5.95. The predicted octanol–water partition coefficient (Wildman–Crippen LogP) is 3.30. The Kier molecular flexibility index (Phi) is 7.61. The minimum Gasteiger partial charge on any atom is -0.329 e. The van der Waals surface area contributed by atoms with E-state index in [-0.39, 0.29) is 12.4 Å². The second kappa shape index (κ2) is 7.51. The smallest absolute Gasteiger partial charge is 0.0410 e. The molecule has 1 atom stereocenters. The minimum absolute atomic E-state index is 0. The molecule has 0 aliphatic heterocycles. The maximum absolute atomic E-state index is 5.95. The molecule has 0 heterocycles. The second-order valence-corrected chi connectivity index (χ2v) is 5.03. The Hall–Kier alpha value is 0.200. The van der Waals surface area contributed by atoms with Crippen molar-refractivity contribution in [3.05, 3.63) is 33.3 Å². The van der Waals surface area contributed by atoms with Gasteiger partial charge in [0.15, 0.2) is 0 Å². The van der Waals surface area contributed by atoms with Gasteiger partial charge >= 0.3 is 0 Å². The number of rotatable bonds is 4. The van der Waals surface area contributed by atoms with E-state index in [1.165, 1.54) is 5.56 Å². The molecule has 5 heteroatoms. The summed E-state index contributed by atoms with van der Waals surface area (Å²) in [6.45, 7) is 3.62. The first kappa shape index (κ1) is 16.2. The first-order valence-corrected chi connectivity index (χ1v) is 6.06. The lowest BCUT2D eigenvalue weighted by Gasteiger charge is -2.23. The normalized spacial score (nSPS) is 12.4. The standard InChI is InChI=1S/C11H16BrClN2.ClH/c1-8(6-14)15(2)7-9-5-10(13)3-4-11(9)12;/h3-5,8H,6-7,14H2,1-2H3;1H. The lowest BCUT2D eigenvalue weighted by molar-refractivity contribution is 0.254. The van der Waals surface area contributed by atoms with Crippen LogP contribution in [0.3, 0.4) is 0 Å². The average Bonchev–Trinajstić information content (AvgIpc) is 2.22. The van der Waals surface area contributed by atoms with Crippen LogP contribution in [-0.4, -0.2) is 24.5 Å². The van der Waals surface area contributed by atoms with Crippen LogP contribution in [0.2, 0.25) is 5.02 Å². The van der Waals surface area contributed by atoms with Crippen molar-refractivity contribution in [2.24, 2.45) is 5.73 Å². The Labute approximate surface area is 117 Å². The highest BCUT2D eigenvalue weighted by molar-refractivity contribution is 9.10. The van der Waals surface area contributed by atoms with Crippen molar-refractivity contribution < 1.29 is 0 Å². The van der Waals surface area contributed by atoms with Crippen LogP contribution in [0, 0.1) is 0 Å². The van der Waals surface area contributed by atoms with Crippen LogP contribution in [-0.2, 0) is 6.54 Å². The summed E-state index contributed by atoms with van der Waals surface area (Å²) in [5.41, 5.74) is 6.80. The van der Waals surface area contributed by atoms with E-state index in [1.54, 1.807) is 0 Å². The molecule has 1 unspecified atom stereocenters. The third-order valence-corrected chi connectivity index (χ3v) is 3.53. The molecule has 1 aromatic carbocycles. The number of likely N-dealkylation sites (N-methyl/N-ethyl adjacent to an activating group) is 1. The average molecular weight is 328 g/mol. The largest absolute Gasteiger partial charge is 0.329 e. The molecule has 0 aromatic heterocycles. The van der Waals surface area contributed by atoms with Crippen molar-refractivity contribution in [3.63, 3.8) is 0 Å². The summed E-state index contributed by atoms with van der Waals surface area (Å²) in [5, 5.41) is 0.766. The van der Waals surface area contributed by atoms with Gasteiger partial charge in [0, 0.05) is 28.6 Å². The van der Waals surface area contributed by atoms with E-state index < -0.39 is 0 Å².